The van der Waals surface area contributed by atoms with Crippen molar-refractivity contribution in [2.45, 2.75) is 12.2 Å². The van der Waals surface area contributed by atoms with Gasteiger partial charge in [-0.3, -0.25) is 0 Å². The number of hydrogen-bond acceptors (Lipinski definition) is 2. The van der Waals surface area contributed by atoms with Crippen LogP contribution >= 0.6 is 12.4 Å². The molecule has 2 atom stereocenters. The summed E-state index contributed by atoms with van der Waals surface area (Å²) < 4.78 is 16.7. The molecule has 50 valence electrons. The molecule has 0 saturated carbocycles. The summed E-state index contributed by atoms with van der Waals surface area (Å²) in [4.78, 5) is 0. The van der Waals surface area contributed by atoms with E-state index in [1.807, 2.05) is 0 Å². The molecule has 0 radical (unpaired) electrons. The van der Waals surface area contributed by atoms with E-state index in [4.69, 9.17) is 5.73 Å². The smallest absolute Gasteiger partial charge is 0.141 e. The molecule has 4 heteroatoms. The van der Waals surface area contributed by atoms with Crippen LogP contribution in [0, 0.1) is 0 Å². The SMILES string of the molecule is Cl.N[C@H]1COC[C@H]1F. The van der Waals surface area contributed by atoms with Gasteiger partial charge in [0.25, 0.3) is 0 Å². The Hall–Kier alpha value is 0.140. The Labute approximate surface area is 53.6 Å². The molecule has 1 saturated heterocycles. The van der Waals surface area contributed by atoms with Crippen LogP contribution in [0.25, 0.3) is 0 Å². The molecule has 1 rings (SSSR count). The molecule has 0 aromatic carbocycles. The van der Waals surface area contributed by atoms with Gasteiger partial charge in [0, 0.05) is 0 Å². The predicted octanol–water partition coefficient (Wildman–Crippen LogP) is 0.104. The second-order valence-electron chi connectivity index (χ2n) is 1.72. The third-order valence-electron chi connectivity index (χ3n) is 1.05. The maximum Gasteiger partial charge on any atom is 0.141 e. The lowest BCUT2D eigenvalue weighted by Gasteiger charge is -1.98. The summed E-state index contributed by atoms with van der Waals surface area (Å²) in [6.07, 6.45) is -0.931. The minimum absolute atomic E-state index is 0. The van der Waals surface area contributed by atoms with Gasteiger partial charge in [0.15, 0.2) is 0 Å². The zero-order valence-corrected chi connectivity index (χ0v) is 5.16. The first-order valence-corrected chi connectivity index (χ1v) is 2.28. The van der Waals surface area contributed by atoms with Gasteiger partial charge in [-0.05, 0) is 0 Å². The van der Waals surface area contributed by atoms with E-state index in [1.54, 1.807) is 0 Å². The monoisotopic (exact) mass is 141 g/mol. The average molecular weight is 142 g/mol. The molecular formula is C4H9ClFNO. The fourth-order valence-corrected chi connectivity index (χ4v) is 0.545. The van der Waals surface area contributed by atoms with Crippen molar-refractivity contribution in [3.05, 3.63) is 0 Å². The minimum atomic E-state index is -0.931. The van der Waals surface area contributed by atoms with Crippen molar-refractivity contribution in [1.82, 2.24) is 0 Å². The molecule has 0 amide bonds. The van der Waals surface area contributed by atoms with E-state index < -0.39 is 6.17 Å². The van der Waals surface area contributed by atoms with Crippen LogP contribution < -0.4 is 5.73 Å². The number of rotatable bonds is 0. The number of hydrogen-bond donors (Lipinski definition) is 1. The van der Waals surface area contributed by atoms with Crippen molar-refractivity contribution >= 4 is 12.4 Å². The van der Waals surface area contributed by atoms with Gasteiger partial charge in [0.2, 0.25) is 0 Å². The molecule has 1 heterocycles. The normalized spacial score (nSPS) is 36.8. The summed E-state index contributed by atoms with van der Waals surface area (Å²) in [5.74, 6) is 0. The van der Waals surface area contributed by atoms with Crippen molar-refractivity contribution in [3.8, 4) is 0 Å². The summed E-state index contributed by atoms with van der Waals surface area (Å²) >= 11 is 0. The number of ether oxygens (including phenoxy) is 1. The maximum absolute atomic E-state index is 12.1. The highest BCUT2D eigenvalue weighted by atomic mass is 35.5. The quantitative estimate of drug-likeness (QED) is 0.520. The highest BCUT2D eigenvalue weighted by Gasteiger charge is 2.23. The van der Waals surface area contributed by atoms with Crippen molar-refractivity contribution in [1.29, 1.82) is 0 Å². The molecule has 1 aliphatic heterocycles. The summed E-state index contributed by atoms with van der Waals surface area (Å²) in [5, 5.41) is 0. The lowest BCUT2D eigenvalue weighted by Crippen LogP contribution is -2.29. The highest BCUT2D eigenvalue weighted by Crippen LogP contribution is 2.05. The van der Waals surface area contributed by atoms with Gasteiger partial charge in [-0.25, -0.2) is 4.39 Å². The third kappa shape index (κ3) is 1.58. The van der Waals surface area contributed by atoms with Crippen molar-refractivity contribution < 1.29 is 9.13 Å². The average Bonchev–Trinajstić information content (AvgIpc) is 1.91. The van der Waals surface area contributed by atoms with Crippen molar-refractivity contribution in [2.24, 2.45) is 5.73 Å². The minimum Gasteiger partial charge on any atom is -0.377 e. The Morgan fingerprint density at radius 2 is 2.12 bits per heavy atom. The van der Waals surface area contributed by atoms with Crippen LogP contribution in [-0.4, -0.2) is 25.4 Å². The molecule has 8 heavy (non-hydrogen) atoms. The molecule has 0 aromatic rings. The Kier molecular flexibility index (Phi) is 3.28. The molecule has 0 unspecified atom stereocenters. The fourth-order valence-electron chi connectivity index (χ4n) is 0.545. The lowest BCUT2D eigenvalue weighted by atomic mass is 10.3. The molecule has 0 spiro atoms. The molecule has 1 fully saturated rings. The van der Waals surface area contributed by atoms with Crippen LogP contribution in [0.15, 0.2) is 0 Å². The van der Waals surface area contributed by atoms with Crippen LogP contribution in [-0.2, 0) is 4.74 Å². The second-order valence-corrected chi connectivity index (χ2v) is 1.72. The summed E-state index contributed by atoms with van der Waals surface area (Å²) in [5.41, 5.74) is 5.18. The standard InChI is InChI=1S/C4H8FNO.ClH/c5-3-1-7-2-4(3)6;/h3-4H,1-2,6H2;1H/t3-,4+;/m1./s1. The number of halogens is 2. The van der Waals surface area contributed by atoms with E-state index in [0.29, 0.717) is 6.61 Å². The first-order chi connectivity index (χ1) is 3.30. The number of alkyl halides is 1. The van der Waals surface area contributed by atoms with Crippen LogP contribution in [0.4, 0.5) is 4.39 Å². The lowest BCUT2D eigenvalue weighted by molar-refractivity contribution is 0.173. The Morgan fingerprint density at radius 3 is 2.25 bits per heavy atom. The van der Waals surface area contributed by atoms with Crippen LogP contribution in [0.2, 0.25) is 0 Å². The highest BCUT2D eigenvalue weighted by molar-refractivity contribution is 5.85. The summed E-state index contributed by atoms with van der Waals surface area (Å²) in [7, 11) is 0. The molecule has 2 nitrogen and oxygen atoms in total. The van der Waals surface area contributed by atoms with E-state index in [0.717, 1.165) is 0 Å². The Balaban J connectivity index is 0.000000490. The molecule has 0 aromatic heterocycles. The first kappa shape index (κ1) is 8.14. The van der Waals surface area contributed by atoms with E-state index in [-0.39, 0.29) is 25.1 Å². The number of nitrogens with two attached hydrogens (primary N) is 1. The van der Waals surface area contributed by atoms with Crippen molar-refractivity contribution in [2.75, 3.05) is 13.2 Å². The van der Waals surface area contributed by atoms with Gasteiger partial charge < -0.3 is 10.5 Å². The Bertz CT molecular complexity index is 65.1. The van der Waals surface area contributed by atoms with Crippen molar-refractivity contribution in [3.63, 3.8) is 0 Å². The predicted molar refractivity (Wildman–Crippen MR) is 30.9 cm³/mol. The molecule has 0 bridgehead atoms. The molecule has 1 aliphatic rings. The van der Waals surface area contributed by atoms with Gasteiger partial charge in [-0.15, -0.1) is 12.4 Å². The molecular weight excluding hydrogens is 133 g/mol. The molecule has 2 N–H and O–H groups in total. The van der Waals surface area contributed by atoms with Gasteiger partial charge in [-0.2, -0.15) is 0 Å². The van der Waals surface area contributed by atoms with Crippen LogP contribution in [0.1, 0.15) is 0 Å². The summed E-state index contributed by atoms with van der Waals surface area (Å²) in [6, 6.07) is -0.375. The zero-order valence-electron chi connectivity index (χ0n) is 4.34. The zero-order chi connectivity index (χ0) is 5.28. The Morgan fingerprint density at radius 1 is 1.50 bits per heavy atom. The van der Waals surface area contributed by atoms with E-state index in [1.165, 1.54) is 0 Å². The van der Waals surface area contributed by atoms with Gasteiger partial charge >= 0.3 is 0 Å². The van der Waals surface area contributed by atoms with E-state index in [2.05, 4.69) is 4.74 Å². The maximum atomic E-state index is 12.1. The van der Waals surface area contributed by atoms with Gasteiger partial charge in [0.1, 0.15) is 6.17 Å². The largest absolute Gasteiger partial charge is 0.377 e. The van der Waals surface area contributed by atoms with Gasteiger partial charge in [0.05, 0.1) is 19.3 Å². The van der Waals surface area contributed by atoms with E-state index in [9.17, 15) is 4.39 Å². The topological polar surface area (TPSA) is 35.2 Å². The molecule has 0 aliphatic carbocycles. The van der Waals surface area contributed by atoms with E-state index >= 15 is 0 Å². The van der Waals surface area contributed by atoms with Gasteiger partial charge in [-0.1, -0.05) is 0 Å². The third-order valence-corrected chi connectivity index (χ3v) is 1.05. The van der Waals surface area contributed by atoms with Crippen LogP contribution in [0.3, 0.4) is 0 Å². The summed E-state index contributed by atoms with van der Waals surface area (Å²) in [6.45, 7) is 0.558. The first-order valence-electron chi connectivity index (χ1n) is 2.28. The van der Waals surface area contributed by atoms with Crippen LogP contribution in [0.5, 0.6) is 0 Å². The second kappa shape index (κ2) is 3.22. The fraction of sp³-hybridized carbons (Fsp3) is 1.00.